The van der Waals surface area contributed by atoms with Gasteiger partial charge in [-0.25, -0.2) is 9.18 Å². The molecule has 0 aromatic heterocycles. The number of hydrogen-bond donors (Lipinski definition) is 2. The number of carbonyl (C=O) groups is 2. The molecule has 3 amide bonds. The molecule has 100 valence electrons. The van der Waals surface area contributed by atoms with Crippen LogP contribution in [0, 0.1) is 5.82 Å². The third-order valence-electron chi connectivity index (χ3n) is 3.42. The predicted octanol–water partition coefficient (Wildman–Crippen LogP) is 2.13. The summed E-state index contributed by atoms with van der Waals surface area (Å²) in [5, 5.41) is 4.93. The van der Waals surface area contributed by atoms with Gasteiger partial charge >= 0.3 is 6.03 Å². The van der Waals surface area contributed by atoms with Crippen molar-refractivity contribution in [1.29, 1.82) is 0 Å². The van der Waals surface area contributed by atoms with Crippen molar-refractivity contribution in [2.24, 2.45) is 0 Å². The lowest BCUT2D eigenvalue weighted by molar-refractivity contribution is -0.124. The lowest BCUT2D eigenvalue weighted by Crippen LogP contribution is -2.50. The lowest BCUT2D eigenvalue weighted by atomic mass is 9.81. The number of benzene rings is 1. The first kappa shape index (κ1) is 12.5. The fourth-order valence-corrected chi connectivity index (χ4v) is 4.16. The number of carbonyl (C=O) groups excluding carboxylic acids is 2. The summed E-state index contributed by atoms with van der Waals surface area (Å²) in [6.45, 7) is 4.01. The van der Waals surface area contributed by atoms with E-state index in [4.69, 9.17) is 0 Å². The minimum atomic E-state index is -1.15. The first-order valence-electron chi connectivity index (χ1n) is 5.95. The highest BCUT2D eigenvalue weighted by atomic mass is 32.2. The zero-order valence-electron chi connectivity index (χ0n) is 10.5. The summed E-state index contributed by atoms with van der Waals surface area (Å²) in [5.41, 5.74) is -0.608. The van der Waals surface area contributed by atoms with Crippen LogP contribution in [0.1, 0.15) is 25.8 Å². The van der Waals surface area contributed by atoms with Crippen LogP contribution in [-0.2, 0) is 10.3 Å². The standard InChI is InChI=1S/C13H13FN2O2S/c1-12(2)6-13(10(17)15-11(18)16-13)8-5-7(14)3-4-9(8)19-12/h3-5H,6H2,1-2H3,(H2,15,16,17,18). The number of halogens is 1. The van der Waals surface area contributed by atoms with Crippen LogP contribution in [0.2, 0.25) is 0 Å². The molecule has 1 aromatic rings. The maximum atomic E-state index is 13.5. The van der Waals surface area contributed by atoms with Crippen molar-refractivity contribution >= 4 is 23.7 Å². The Hall–Kier alpha value is -1.56. The van der Waals surface area contributed by atoms with Crippen LogP contribution in [-0.4, -0.2) is 16.7 Å². The normalized spacial score (nSPS) is 27.9. The fourth-order valence-electron chi connectivity index (χ4n) is 2.80. The Morgan fingerprint density at radius 2 is 2.05 bits per heavy atom. The van der Waals surface area contributed by atoms with Gasteiger partial charge in [-0.1, -0.05) is 13.8 Å². The van der Waals surface area contributed by atoms with E-state index in [1.807, 2.05) is 13.8 Å². The van der Waals surface area contributed by atoms with Crippen LogP contribution in [0.25, 0.3) is 0 Å². The molecule has 1 unspecified atom stereocenters. The number of imide groups is 1. The molecule has 2 aliphatic rings. The van der Waals surface area contributed by atoms with Gasteiger partial charge in [0, 0.05) is 15.2 Å². The fraction of sp³-hybridized carbons (Fsp3) is 0.385. The van der Waals surface area contributed by atoms with Crippen LogP contribution >= 0.6 is 11.8 Å². The first-order chi connectivity index (χ1) is 8.82. The highest BCUT2D eigenvalue weighted by Gasteiger charge is 2.54. The summed E-state index contributed by atoms with van der Waals surface area (Å²) in [5.74, 6) is -0.815. The van der Waals surface area contributed by atoms with Gasteiger partial charge in [0.15, 0.2) is 0 Å². The number of amides is 3. The average molecular weight is 280 g/mol. The summed E-state index contributed by atoms with van der Waals surface area (Å²) < 4.78 is 13.3. The lowest BCUT2D eigenvalue weighted by Gasteiger charge is -2.41. The zero-order valence-corrected chi connectivity index (χ0v) is 11.4. The molecule has 2 aliphatic heterocycles. The third kappa shape index (κ3) is 1.82. The van der Waals surface area contributed by atoms with Gasteiger partial charge in [0.05, 0.1) is 0 Å². The molecule has 19 heavy (non-hydrogen) atoms. The molecule has 0 aliphatic carbocycles. The number of nitrogens with one attached hydrogen (secondary N) is 2. The quantitative estimate of drug-likeness (QED) is 0.716. The maximum absolute atomic E-state index is 13.5. The second-order valence-electron chi connectivity index (χ2n) is 5.49. The number of urea groups is 1. The van der Waals surface area contributed by atoms with Crippen molar-refractivity contribution < 1.29 is 14.0 Å². The molecule has 1 fully saturated rings. The summed E-state index contributed by atoms with van der Waals surface area (Å²) in [4.78, 5) is 24.5. The Labute approximate surface area is 114 Å². The Morgan fingerprint density at radius 3 is 2.68 bits per heavy atom. The van der Waals surface area contributed by atoms with Crippen molar-refractivity contribution in [2.75, 3.05) is 0 Å². The molecular formula is C13H13FN2O2S. The Balaban J connectivity index is 2.23. The Kier molecular flexibility index (Phi) is 2.44. The largest absolute Gasteiger partial charge is 0.322 e. The molecular weight excluding hydrogens is 267 g/mol. The second kappa shape index (κ2) is 3.72. The maximum Gasteiger partial charge on any atom is 0.322 e. The molecule has 0 bridgehead atoms. The molecule has 1 saturated heterocycles. The van der Waals surface area contributed by atoms with Gasteiger partial charge in [0.25, 0.3) is 5.91 Å². The first-order valence-corrected chi connectivity index (χ1v) is 6.77. The monoisotopic (exact) mass is 280 g/mol. The van der Waals surface area contributed by atoms with Gasteiger partial charge in [-0.2, -0.15) is 0 Å². The molecule has 1 aromatic carbocycles. The summed E-state index contributed by atoms with van der Waals surface area (Å²) in [6, 6.07) is 3.84. The molecule has 0 radical (unpaired) electrons. The minimum Gasteiger partial charge on any atom is -0.319 e. The highest BCUT2D eigenvalue weighted by molar-refractivity contribution is 8.00. The van der Waals surface area contributed by atoms with E-state index < -0.39 is 23.3 Å². The molecule has 3 rings (SSSR count). The number of rotatable bonds is 0. The van der Waals surface area contributed by atoms with Gasteiger partial charge < -0.3 is 5.32 Å². The SMILES string of the molecule is CC1(C)CC2(NC(=O)NC2=O)c2cc(F)ccc2S1. The molecule has 2 N–H and O–H groups in total. The van der Waals surface area contributed by atoms with Gasteiger partial charge in [-0.15, -0.1) is 11.8 Å². The predicted molar refractivity (Wildman–Crippen MR) is 69.3 cm³/mol. The number of thioether (sulfide) groups is 1. The van der Waals surface area contributed by atoms with Crippen molar-refractivity contribution in [3.05, 3.63) is 29.6 Å². The van der Waals surface area contributed by atoms with Gasteiger partial charge in [-0.3, -0.25) is 10.1 Å². The van der Waals surface area contributed by atoms with Crippen molar-refractivity contribution in [1.82, 2.24) is 10.6 Å². The molecule has 4 nitrogen and oxygen atoms in total. The van der Waals surface area contributed by atoms with Crippen LogP contribution in [0.4, 0.5) is 9.18 Å². The number of fused-ring (bicyclic) bond motifs is 2. The van der Waals surface area contributed by atoms with E-state index in [1.54, 1.807) is 17.8 Å². The molecule has 2 heterocycles. The molecule has 0 saturated carbocycles. The summed E-state index contributed by atoms with van der Waals surface area (Å²) >= 11 is 1.59. The second-order valence-corrected chi connectivity index (χ2v) is 7.24. The smallest absolute Gasteiger partial charge is 0.319 e. The van der Waals surface area contributed by atoms with Gasteiger partial charge in [-0.05, 0) is 24.6 Å². The number of hydrogen-bond acceptors (Lipinski definition) is 3. The van der Waals surface area contributed by atoms with E-state index in [-0.39, 0.29) is 4.75 Å². The van der Waals surface area contributed by atoms with E-state index in [0.717, 1.165) is 4.90 Å². The van der Waals surface area contributed by atoms with E-state index in [2.05, 4.69) is 10.6 Å². The van der Waals surface area contributed by atoms with E-state index in [1.165, 1.54) is 12.1 Å². The third-order valence-corrected chi connectivity index (χ3v) is 4.69. The Bertz CT molecular complexity index is 602. The molecule has 1 spiro atoms. The summed E-state index contributed by atoms with van der Waals surface area (Å²) in [7, 11) is 0. The zero-order chi connectivity index (χ0) is 13.8. The van der Waals surface area contributed by atoms with Crippen LogP contribution in [0.5, 0.6) is 0 Å². The van der Waals surface area contributed by atoms with Crippen molar-refractivity contribution in [2.45, 2.75) is 35.4 Å². The van der Waals surface area contributed by atoms with Crippen molar-refractivity contribution in [3.63, 3.8) is 0 Å². The molecule has 6 heteroatoms. The minimum absolute atomic E-state index is 0.222. The van der Waals surface area contributed by atoms with E-state index >= 15 is 0 Å². The summed E-state index contributed by atoms with van der Waals surface area (Å²) in [6.07, 6.45) is 0.429. The van der Waals surface area contributed by atoms with Crippen molar-refractivity contribution in [3.8, 4) is 0 Å². The van der Waals surface area contributed by atoms with Crippen LogP contribution in [0.3, 0.4) is 0 Å². The molecule has 1 atom stereocenters. The Morgan fingerprint density at radius 1 is 1.32 bits per heavy atom. The van der Waals surface area contributed by atoms with E-state index in [0.29, 0.717) is 12.0 Å². The van der Waals surface area contributed by atoms with Gasteiger partial charge in [0.2, 0.25) is 0 Å². The topological polar surface area (TPSA) is 58.2 Å². The average Bonchev–Trinajstić information content (AvgIpc) is 2.54. The van der Waals surface area contributed by atoms with E-state index in [9.17, 15) is 14.0 Å². The van der Waals surface area contributed by atoms with Gasteiger partial charge in [0.1, 0.15) is 11.4 Å². The van der Waals surface area contributed by atoms with Crippen LogP contribution < -0.4 is 10.6 Å². The highest BCUT2D eigenvalue weighted by Crippen LogP contribution is 2.51. The van der Waals surface area contributed by atoms with Crippen LogP contribution in [0.15, 0.2) is 23.1 Å².